The van der Waals surface area contributed by atoms with Crippen molar-refractivity contribution in [1.82, 2.24) is 10.4 Å². The minimum atomic E-state index is -1.26. The number of nitrogen functional groups attached to an aromatic ring is 1. The van der Waals surface area contributed by atoms with Gasteiger partial charge in [0.25, 0.3) is 5.91 Å². The molecule has 2 aromatic carbocycles. The lowest BCUT2D eigenvalue weighted by atomic mass is 10.1. The van der Waals surface area contributed by atoms with Crippen LogP contribution in [0.25, 0.3) is 0 Å². The van der Waals surface area contributed by atoms with Gasteiger partial charge < -0.3 is 25.7 Å². The number of hydroxylamine groups is 2. The molecule has 0 unspecified atom stereocenters. The Kier molecular flexibility index (Phi) is 9.26. The number of hydrogen-bond donors (Lipinski definition) is 3. The normalized spacial score (nSPS) is 13.3. The van der Waals surface area contributed by atoms with Gasteiger partial charge in [0.15, 0.2) is 0 Å². The lowest BCUT2D eigenvalue weighted by molar-refractivity contribution is -0.172. The van der Waals surface area contributed by atoms with Gasteiger partial charge in [0.1, 0.15) is 23.2 Å². The standard InChI is InChI=1S/C24H31ClFN3O5/c1-6-33-20-12-19(27)18(25)11-17(20)22(30)28-21(23(31)34-24(3,4)5)14(2)29(32)13-15-7-9-16(26)10-8-15/h7-12,14,21,32H,6,13,27H2,1-5H3,(H,28,30)/t14-,21-/m1/s1. The summed E-state index contributed by atoms with van der Waals surface area (Å²) in [6.07, 6.45) is 0. The molecule has 2 rings (SSSR count). The molecule has 0 aliphatic heterocycles. The second-order valence-electron chi connectivity index (χ2n) is 8.75. The summed E-state index contributed by atoms with van der Waals surface area (Å²) in [5.74, 6) is -1.62. The molecule has 0 spiro atoms. The summed E-state index contributed by atoms with van der Waals surface area (Å²) >= 11 is 6.10. The Labute approximate surface area is 203 Å². The third-order valence-corrected chi connectivity index (χ3v) is 5.13. The molecule has 1 amide bonds. The Hall–Kier alpha value is -2.88. The summed E-state index contributed by atoms with van der Waals surface area (Å²) in [4.78, 5) is 26.2. The molecular weight excluding hydrogens is 465 g/mol. The van der Waals surface area contributed by atoms with Gasteiger partial charge >= 0.3 is 5.97 Å². The number of esters is 1. The predicted molar refractivity (Wildman–Crippen MR) is 127 cm³/mol. The largest absolute Gasteiger partial charge is 0.493 e. The minimum Gasteiger partial charge on any atom is -0.493 e. The number of amides is 1. The van der Waals surface area contributed by atoms with Gasteiger partial charge in [0.05, 0.1) is 28.9 Å². The SMILES string of the molecule is CCOc1cc(N)c(Cl)cc1C(=O)N[C@@H](C(=O)OC(C)(C)C)[C@@H](C)N(O)Cc1ccc(F)cc1. The van der Waals surface area contributed by atoms with Crippen LogP contribution in [0.2, 0.25) is 5.02 Å². The molecule has 8 nitrogen and oxygen atoms in total. The number of ether oxygens (including phenoxy) is 2. The molecule has 2 aromatic rings. The molecule has 0 aromatic heterocycles. The van der Waals surface area contributed by atoms with E-state index >= 15 is 0 Å². The highest BCUT2D eigenvalue weighted by atomic mass is 35.5. The van der Waals surface area contributed by atoms with E-state index in [0.717, 1.165) is 5.06 Å². The second-order valence-corrected chi connectivity index (χ2v) is 9.16. The first-order valence-corrected chi connectivity index (χ1v) is 11.2. The quantitative estimate of drug-likeness (QED) is 0.271. The van der Waals surface area contributed by atoms with E-state index in [1.165, 1.54) is 36.4 Å². The highest BCUT2D eigenvalue weighted by Gasteiger charge is 2.35. The zero-order chi connectivity index (χ0) is 25.6. The van der Waals surface area contributed by atoms with Crippen LogP contribution in [0.4, 0.5) is 10.1 Å². The number of benzene rings is 2. The van der Waals surface area contributed by atoms with E-state index in [-0.39, 0.29) is 35.2 Å². The average Bonchev–Trinajstić information content (AvgIpc) is 2.74. The Morgan fingerprint density at radius 1 is 1.24 bits per heavy atom. The van der Waals surface area contributed by atoms with Crippen molar-refractivity contribution in [3.63, 3.8) is 0 Å². The predicted octanol–water partition coefficient (Wildman–Crippen LogP) is 4.18. The molecule has 0 aliphatic rings. The fourth-order valence-electron chi connectivity index (χ4n) is 3.08. The van der Waals surface area contributed by atoms with Gasteiger partial charge in [-0.15, -0.1) is 0 Å². The average molecular weight is 496 g/mol. The first-order chi connectivity index (χ1) is 15.8. The summed E-state index contributed by atoms with van der Waals surface area (Å²) in [6, 6.07) is 6.16. The van der Waals surface area contributed by atoms with Crippen LogP contribution in [0.15, 0.2) is 36.4 Å². The summed E-state index contributed by atoms with van der Waals surface area (Å²) in [5.41, 5.74) is 5.91. The summed E-state index contributed by atoms with van der Waals surface area (Å²) < 4.78 is 24.2. The molecule has 0 heterocycles. The van der Waals surface area contributed by atoms with Crippen LogP contribution >= 0.6 is 11.6 Å². The van der Waals surface area contributed by atoms with E-state index in [9.17, 15) is 19.2 Å². The number of nitrogens with two attached hydrogens (primary N) is 1. The monoisotopic (exact) mass is 495 g/mol. The van der Waals surface area contributed by atoms with Crippen molar-refractivity contribution in [2.75, 3.05) is 12.3 Å². The van der Waals surface area contributed by atoms with Crippen molar-refractivity contribution in [3.05, 3.63) is 58.4 Å². The van der Waals surface area contributed by atoms with E-state index < -0.39 is 35.4 Å². The maximum absolute atomic E-state index is 13.2. The fourth-order valence-corrected chi connectivity index (χ4v) is 3.24. The smallest absolute Gasteiger partial charge is 0.330 e. The molecule has 2 atom stereocenters. The number of rotatable bonds is 9. The zero-order valence-electron chi connectivity index (χ0n) is 19.9. The van der Waals surface area contributed by atoms with Gasteiger partial charge in [-0.1, -0.05) is 23.7 Å². The van der Waals surface area contributed by atoms with Crippen molar-refractivity contribution in [2.45, 2.75) is 58.8 Å². The topological polar surface area (TPSA) is 114 Å². The van der Waals surface area contributed by atoms with Crippen LogP contribution in [0.5, 0.6) is 5.75 Å². The van der Waals surface area contributed by atoms with Gasteiger partial charge in [-0.2, -0.15) is 5.06 Å². The number of nitrogens with one attached hydrogen (secondary N) is 1. The maximum atomic E-state index is 13.2. The molecule has 0 aliphatic carbocycles. The molecule has 0 saturated carbocycles. The molecule has 0 saturated heterocycles. The summed E-state index contributed by atoms with van der Waals surface area (Å²) in [6.45, 7) is 8.63. The van der Waals surface area contributed by atoms with Crippen molar-refractivity contribution in [1.29, 1.82) is 0 Å². The Balaban J connectivity index is 2.33. The minimum absolute atomic E-state index is 0.0193. The first-order valence-electron chi connectivity index (χ1n) is 10.8. The first kappa shape index (κ1) is 27.4. The van der Waals surface area contributed by atoms with Gasteiger partial charge in [0.2, 0.25) is 0 Å². The molecular formula is C24H31ClFN3O5. The number of hydrogen-bond acceptors (Lipinski definition) is 7. The van der Waals surface area contributed by atoms with E-state index in [2.05, 4.69) is 5.32 Å². The Bertz CT molecular complexity index is 1010. The zero-order valence-corrected chi connectivity index (χ0v) is 20.6. The van der Waals surface area contributed by atoms with Crippen molar-refractivity contribution in [3.8, 4) is 5.75 Å². The number of carbonyl (C=O) groups is 2. The molecule has 10 heteroatoms. The molecule has 34 heavy (non-hydrogen) atoms. The Morgan fingerprint density at radius 3 is 2.41 bits per heavy atom. The van der Waals surface area contributed by atoms with Crippen molar-refractivity contribution >= 4 is 29.2 Å². The molecule has 0 radical (unpaired) electrons. The van der Waals surface area contributed by atoms with Crippen LogP contribution in [-0.4, -0.2) is 46.4 Å². The van der Waals surface area contributed by atoms with Crippen LogP contribution in [0.1, 0.15) is 50.5 Å². The van der Waals surface area contributed by atoms with E-state index in [1.54, 1.807) is 34.6 Å². The molecule has 4 N–H and O–H groups in total. The van der Waals surface area contributed by atoms with Crippen molar-refractivity contribution < 1.29 is 28.7 Å². The molecule has 186 valence electrons. The van der Waals surface area contributed by atoms with Gasteiger partial charge in [-0.3, -0.25) is 4.79 Å². The molecule has 0 bridgehead atoms. The Morgan fingerprint density at radius 2 is 1.85 bits per heavy atom. The van der Waals surface area contributed by atoms with Crippen molar-refractivity contribution in [2.24, 2.45) is 0 Å². The van der Waals surface area contributed by atoms with Gasteiger partial charge in [-0.25, -0.2) is 9.18 Å². The lowest BCUT2D eigenvalue weighted by Gasteiger charge is -2.32. The van der Waals surface area contributed by atoms with Crippen LogP contribution in [-0.2, 0) is 16.1 Å². The fraction of sp³-hybridized carbons (Fsp3) is 0.417. The number of carbonyl (C=O) groups excluding carboxylic acids is 2. The van der Waals surface area contributed by atoms with Gasteiger partial charge in [-0.05, 0) is 58.4 Å². The second kappa shape index (κ2) is 11.5. The summed E-state index contributed by atoms with van der Waals surface area (Å²) in [7, 11) is 0. The van der Waals surface area contributed by atoms with Gasteiger partial charge in [0, 0.05) is 12.6 Å². The van der Waals surface area contributed by atoms with Crippen LogP contribution < -0.4 is 15.8 Å². The summed E-state index contributed by atoms with van der Waals surface area (Å²) in [5, 5.41) is 14.3. The lowest BCUT2D eigenvalue weighted by Crippen LogP contribution is -2.55. The van der Waals surface area contributed by atoms with E-state index in [4.69, 9.17) is 26.8 Å². The molecule has 0 fully saturated rings. The highest BCUT2D eigenvalue weighted by molar-refractivity contribution is 6.33. The number of anilines is 1. The number of halogens is 2. The third-order valence-electron chi connectivity index (χ3n) is 4.80. The highest BCUT2D eigenvalue weighted by Crippen LogP contribution is 2.29. The number of nitrogens with zero attached hydrogens (tertiary/aromatic N) is 1. The van der Waals surface area contributed by atoms with E-state index in [1.807, 2.05) is 0 Å². The van der Waals surface area contributed by atoms with Crippen LogP contribution in [0, 0.1) is 5.82 Å². The third kappa shape index (κ3) is 7.58. The van der Waals surface area contributed by atoms with Crippen LogP contribution in [0.3, 0.4) is 0 Å². The maximum Gasteiger partial charge on any atom is 0.330 e. The van der Waals surface area contributed by atoms with E-state index in [0.29, 0.717) is 5.56 Å².